The van der Waals surface area contributed by atoms with E-state index in [0.717, 1.165) is 0 Å². The number of hydrogen-bond acceptors (Lipinski definition) is 5. The Balaban J connectivity index is 2.49. The molecular formula is C8H16N4O2S. The maximum absolute atomic E-state index is 11.0. The highest BCUT2D eigenvalue weighted by atomic mass is 32.2. The molecular weight excluding hydrogens is 216 g/mol. The van der Waals surface area contributed by atoms with Crippen molar-refractivity contribution in [1.29, 1.82) is 0 Å². The molecule has 86 valence electrons. The molecule has 0 bridgehead atoms. The predicted octanol–water partition coefficient (Wildman–Crippen LogP) is -0.112. The molecule has 0 aliphatic carbocycles. The van der Waals surface area contributed by atoms with Crippen molar-refractivity contribution in [3.63, 3.8) is 0 Å². The van der Waals surface area contributed by atoms with Gasteiger partial charge in [-0.15, -0.1) is 0 Å². The molecule has 0 aliphatic heterocycles. The molecule has 0 spiro atoms. The molecule has 2 atom stereocenters. The Morgan fingerprint density at radius 3 is 2.67 bits per heavy atom. The second-order valence-corrected chi connectivity index (χ2v) is 5.94. The van der Waals surface area contributed by atoms with Gasteiger partial charge in [0.2, 0.25) is 0 Å². The van der Waals surface area contributed by atoms with Crippen LogP contribution in [0, 0.1) is 0 Å². The van der Waals surface area contributed by atoms with Gasteiger partial charge in [-0.3, -0.25) is 5.10 Å². The summed E-state index contributed by atoms with van der Waals surface area (Å²) in [5.41, 5.74) is 0. The summed E-state index contributed by atoms with van der Waals surface area (Å²) < 4.78 is 22.1. The van der Waals surface area contributed by atoms with Crippen LogP contribution < -0.4 is 5.32 Å². The molecule has 1 aromatic rings. The number of H-pyrrole nitrogens is 1. The van der Waals surface area contributed by atoms with Gasteiger partial charge in [-0.05, 0) is 13.8 Å². The van der Waals surface area contributed by atoms with E-state index < -0.39 is 9.84 Å². The minimum atomic E-state index is -2.95. The lowest BCUT2D eigenvalue weighted by atomic mass is 10.3. The molecule has 6 nitrogen and oxygen atoms in total. The Hall–Kier alpha value is -0.950. The van der Waals surface area contributed by atoms with Crippen molar-refractivity contribution < 1.29 is 8.42 Å². The van der Waals surface area contributed by atoms with Crippen LogP contribution in [0.3, 0.4) is 0 Å². The first kappa shape index (κ1) is 12.1. The predicted molar refractivity (Wildman–Crippen MR) is 57.1 cm³/mol. The first-order valence-electron chi connectivity index (χ1n) is 4.67. The highest BCUT2D eigenvalue weighted by Gasteiger charge is 2.15. The molecule has 0 aliphatic rings. The van der Waals surface area contributed by atoms with E-state index in [1.54, 1.807) is 0 Å². The summed E-state index contributed by atoms with van der Waals surface area (Å²) in [4.78, 5) is 3.99. The quantitative estimate of drug-likeness (QED) is 0.739. The summed E-state index contributed by atoms with van der Waals surface area (Å²) in [6.07, 6.45) is 2.65. The zero-order valence-corrected chi connectivity index (χ0v) is 9.87. The van der Waals surface area contributed by atoms with Gasteiger partial charge in [0.15, 0.2) is 0 Å². The van der Waals surface area contributed by atoms with Crippen molar-refractivity contribution in [2.45, 2.75) is 25.9 Å². The zero-order chi connectivity index (χ0) is 11.5. The Kier molecular flexibility index (Phi) is 3.81. The number of aromatic nitrogens is 3. The Morgan fingerprint density at radius 1 is 1.53 bits per heavy atom. The molecule has 1 rings (SSSR count). The number of hydrogen-bond donors (Lipinski definition) is 2. The number of rotatable bonds is 5. The van der Waals surface area contributed by atoms with Crippen molar-refractivity contribution in [2.75, 3.05) is 12.0 Å². The van der Waals surface area contributed by atoms with E-state index in [9.17, 15) is 8.42 Å². The van der Waals surface area contributed by atoms with E-state index in [-0.39, 0.29) is 17.8 Å². The largest absolute Gasteiger partial charge is 0.304 e. The van der Waals surface area contributed by atoms with Crippen LogP contribution in [0.1, 0.15) is 25.7 Å². The average molecular weight is 232 g/mol. The van der Waals surface area contributed by atoms with Crippen molar-refractivity contribution in [3.8, 4) is 0 Å². The molecule has 0 saturated heterocycles. The van der Waals surface area contributed by atoms with Crippen molar-refractivity contribution in [1.82, 2.24) is 20.5 Å². The molecule has 1 heterocycles. The average Bonchev–Trinajstić information content (AvgIpc) is 2.50. The van der Waals surface area contributed by atoms with E-state index in [1.807, 2.05) is 13.8 Å². The van der Waals surface area contributed by atoms with Gasteiger partial charge in [0.25, 0.3) is 0 Å². The fraction of sp³-hybridized carbons (Fsp3) is 0.750. The second-order valence-electron chi connectivity index (χ2n) is 3.75. The van der Waals surface area contributed by atoms with Crippen LogP contribution in [-0.4, -0.2) is 41.6 Å². The van der Waals surface area contributed by atoms with Gasteiger partial charge in [0, 0.05) is 12.3 Å². The highest BCUT2D eigenvalue weighted by molar-refractivity contribution is 7.90. The lowest BCUT2D eigenvalue weighted by Crippen LogP contribution is -2.35. The Bertz CT molecular complexity index is 387. The number of sulfone groups is 1. The molecule has 2 unspecified atom stereocenters. The minimum Gasteiger partial charge on any atom is -0.304 e. The van der Waals surface area contributed by atoms with Gasteiger partial charge in [0.05, 0.1) is 11.8 Å². The molecule has 0 aromatic carbocycles. The fourth-order valence-corrected chi connectivity index (χ4v) is 2.44. The summed E-state index contributed by atoms with van der Waals surface area (Å²) in [5, 5.41) is 9.59. The third-order valence-corrected chi connectivity index (χ3v) is 3.04. The first-order valence-corrected chi connectivity index (χ1v) is 6.73. The smallest absolute Gasteiger partial charge is 0.148 e. The maximum Gasteiger partial charge on any atom is 0.148 e. The summed E-state index contributed by atoms with van der Waals surface area (Å²) in [5.74, 6) is 0.821. The Morgan fingerprint density at radius 2 is 2.20 bits per heavy atom. The lowest BCUT2D eigenvalue weighted by molar-refractivity contribution is 0.484. The van der Waals surface area contributed by atoms with Crippen LogP contribution in [0.15, 0.2) is 6.33 Å². The summed E-state index contributed by atoms with van der Waals surface area (Å²) in [7, 11) is -2.95. The first-order chi connectivity index (χ1) is 6.88. The van der Waals surface area contributed by atoms with Crippen molar-refractivity contribution in [3.05, 3.63) is 12.2 Å². The number of aromatic amines is 1. The van der Waals surface area contributed by atoms with Gasteiger partial charge in [-0.2, -0.15) is 5.10 Å². The molecule has 0 amide bonds. The van der Waals surface area contributed by atoms with Crippen LogP contribution in [-0.2, 0) is 9.84 Å². The van der Waals surface area contributed by atoms with Crippen LogP contribution in [0.25, 0.3) is 0 Å². The van der Waals surface area contributed by atoms with E-state index >= 15 is 0 Å². The van der Waals surface area contributed by atoms with E-state index in [1.165, 1.54) is 12.6 Å². The molecule has 15 heavy (non-hydrogen) atoms. The van der Waals surface area contributed by atoms with Gasteiger partial charge < -0.3 is 5.32 Å². The molecule has 7 heteroatoms. The van der Waals surface area contributed by atoms with Crippen molar-refractivity contribution in [2.24, 2.45) is 0 Å². The summed E-state index contributed by atoms with van der Waals surface area (Å²) in [6.45, 7) is 3.73. The molecule has 0 fully saturated rings. The molecule has 0 radical (unpaired) electrons. The molecule has 2 N–H and O–H groups in total. The number of nitrogens with one attached hydrogen (secondary N) is 2. The number of nitrogens with zero attached hydrogens (tertiary/aromatic N) is 2. The maximum atomic E-state index is 11.0. The SMILES string of the molecule is CC(CS(C)(=O)=O)NC(C)c1ncn[nH]1. The van der Waals surface area contributed by atoms with E-state index in [0.29, 0.717) is 5.82 Å². The fourth-order valence-electron chi connectivity index (χ4n) is 1.43. The molecule has 0 saturated carbocycles. The zero-order valence-electron chi connectivity index (χ0n) is 9.06. The molecule has 1 aromatic heterocycles. The van der Waals surface area contributed by atoms with Crippen LogP contribution >= 0.6 is 0 Å². The van der Waals surface area contributed by atoms with Crippen LogP contribution in [0.2, 0.25) is 0 Å². The third-order valence-electron chi connectivity index (χ3n) is 1.93. The summed E-state index contributed by atoms with van der Waals surface area (Å²) >= 11 is 0. The highest BCUT2D eigenvalue weighted by Crippen LogP contribution is 2.05. The second kappa shape index (κ2) is 4.71. The normalized spacial score (nSPS) is 16.2. The summed E-state index contributed by atoms with van der Waals surface area (Å²) in [6, 6.07) is -0.149. The Labute approximate surface area is 89.4 Å². The van der Waals surface area contributed by atoms with E-state index in [4.69, 9.17) is 0 Å². The van der Waals surface area contributed by atoms with Gasteiger partial charge in [0.1, 0.15) is 22.0 Å². The van der Waals surface area contributed by atoms with Gasteiger partial charge >= 0.3 is 0 Å². The standard InChI is InChI=1S/C8H16N4O2S/c1-6(4-15(3,13)14)11-7(2)8-9-5-10-12-8/h5-7,11H,4H2,1-3H3,(H,9,10,12). The van der Waals surface area contributed by atoms with Gasteiger partial charge in [-0.25, -0.2) is 13.4 Å². The van der Waals surface area contributed by atoms with E-state index in [2.05, 4.69) is 20.5 Å². The van der Waals surface area contributed by atoms with Crippen LogP contribution in [0.4, 0.5) is 0 Å². The third kappa shape index (κ3) is 4.39. The lowest BCUT2D eigenvalue weighted by Gasteiger charge is -2.17. The van der Waals surface area contributed by atoms with Gasteiger partial charge in [-0.1, -0.05) is 0 Å². The van der Waals surface area contributed by atoms with Crippen molar-refractivity contribution >= 4 is 9.84 Å². The van der Waals surface area contributed by atoms with Crippen LogP contribution in [0.5, 0.6) is 0 Å². The monoisotopic (exact) mass is 232 g/mol. The topological polar surface area (TPSA) is 87.7 Å². The minimum absolute atomic E-state index is 0.0377.